The van der Waals surface area contributed by atoms with Crippen molar-refractivity contribution in [1.29, 1.82) is 0 Å². The van der Waals surface area contributed by atoms with E-state index < -0.39 is 36.8 Å². The Kier molecular flexibility index (Phi) is 7.12. The van der Waals surface area contributed by atoms with Gasteiger partial charge in [0.05, 0.1) is 12.8 Å². The lowest BCUT2D eigenvalue weighted by atomic mass is 10.3. The van der Waals surface area contributed by atoms with Gasteiger partial charge in [-0.15, -0.1) is 0 Å². The fraction of sp³-hybridized carbons (Fsp3) is 0.222. The van der Waals surface area contributed by atoms with E-state index in [1.165, 1.54) is 17.2 Å². The highest BCUT2D eigenvalue weighted by Gasteiger charge is 2.15. The molecule has 0 saturated heterocycles. The molecule has 142 valence electrons. The fourth-order valence-electron chi connectivity index (χ4n) is 1.97. The van der Waals surface area contributed by atoms with Crippen LogP contribution < -0.4 is 15.5 Å². The highest BCUT2D eigenvalue weighted by Crippen LogP contribution is 2.10. The predicted octanol–water partition coefficient (Wildman–Crippen LogP) is 0.332. The van der Waals surface area contributed by atoms with Crippen molar-refractivity contribution < 1.29 is 28.3 Å². The maximum absolute atomic E-state index is 12.0. The summed E-state index contributed by atoms with van der Waals surface area (Å²) < 4.78 is 9.71. The topological polar surface area (TPSA) is 118 Å². The van der Waals surface area contributed by atoms with Crippen LogP contribution in [0.5, 0.6) is 0 Å². The minimum atomic E-state index is -0.768. The van der Waals surface area contributed by atoms with E-state index in [-0.39, 0.29) is 12.3 Å². The number of hydrogen-bond donors (Lipinski definition) is 2. The minimum Gasteiger partial charge on any atom is -0.459 e. The van der Waals surface area contributed by atoms with E-state index >= 15 is 0 Å². The van der Waals surface area contributed by atoms with Crippen LogP contribution in [-0.2, 0) is 19.1 Å². The summed E-state index contributed by atoms with van der Waals surface area (Å²) in [7, 11) is 1.56. The molecule has 9 heteroatoms. The highest BCUT2D eigenvalue weighted by molar-refractivity contribution is 5.95. The Labute approximate surface area is 155 Å². The summed E-state index contributed by atoms with van der Waals surface area (Å²) in [6.07, 6.45) is 1.33. The van der Waals surface area contributed by atoms with Gasteiger partial charge in [0.15, 0.2) is 12.4 Å². The van der Waals surface area contributed by atoms with E-state index in [1.54, 1.807) is 37.4 Å². The first-order valence-corrected chi connectivity index (χ1v) is 8.03. The third-order valence-corrected chi connectivity index (χ3v) is 3.46. The van der Waals surface area contributed by atoms with Gasteiger partial charge in [0.1, 0.15) is 6.54 Å². The van der Waals surface area contributed by atoms with Crippen LogP contribution in [0.1, 0.15) is 10.6 Å². The highest BCUT2D eigenvalue weighted by atomic mass is 16.5. The number of para-hydroxylation sites is 1. The second-order valence-electron chi connectivity index (χ2n) is 5.39. The third-order valence-electron chi connectivity index (χ3n) is 3.46. The molecule has 0 atom stereocenters. The van der Waals surface area contributed by atoms with E-state index in [4.69, 9.17) is 9.15 Å². The van der Waals surface area contributed by atoms with Gasteiger partial charge < -0.3 is 24.7 Å². The zero-order valence-corrected chi connectivity index (χ0v) is 14.6. The Bertz CT molecular complexity index is 789. The molecule has 0 aliphatic carbocycles. The van der Waals surface area contributed by atoms with Crippen molar-refractivity contribution in [2.45, 2.75) is 0 Å². The minimum absolute atomic E-state index is 0.0725. The lowest BCUT2D eigenvalue weighted by Gasteiger charge is -2.17. The van der Waals surface area contributed by atoms with E-state index in [1.807, 2.05) is 6.07 Å². The normalized spacial score (nSPS) is 9.96. The van der Waals surface area contributed by atoms with Crippen LogP contribution >= 0.6 is 0 Å². The number of rotatable bonds is 8. The van der Waals surface area contributed by atoms with Crippen molar-refractivity contribution in [1.82, 2.24) is 10.6 Å². The van der Waals surface area contributed by atoms with Gasteiger partial charge in [-0.1, -0.05) is 18.2 Å². The van der Waals surface area contributed by atoms with Gasteiger partial charge in [-0.25, -0.2) is 0 Å². The summed E-state index contributed by atoms with van der Waals surface area (Å²) in [5, 5.41) is 4.62. The molecule has 0 bridgehead atoms. The number of carbonyl (C=O) groups excluding carboxylic acids is 4. The Hall–Kier alpha value is -3.62. The fourth-order valence-corrected chi connectivity index (χ4v) is 1.97. The molecular formula is C18H19N3O6. The Morgan fingerprint density at radius 1 is 1.00 bits per heavy atom. The molecule has 27 heavy (non-hydrogen) atoms. The quantitative estimate of drug-likeness (QED) is 0.644. The molecule has 0 unspecified atom stereocenters. The first-order chi connectivity index (χ1) is 13.0. The van der Waals surface area contributed by atoms with E-state index in [0.29, 0.717) is 5.69 Å². The number of nitrogens with one attached hydrogen (secondary N) is 2. The number of furan rings is 1. The smallest absolute Gasteiger partial charge is 0.325 e. The first-order valence-electron chi connectivity index (χ1n) is 8.03. The number of ether oxygens (including phenoxy) is 1. The monoisotopic (exact) mass is 373 g/mol. The molecule has 0 aliphatic rings. The average Bonchev–Trinajstić information content (AvgIpc) is 3.23. The predicted molar refractivity (Wildman–Crippen MR) is 94.9 cm³/mol. The molecule has 0 aliphatic heterocycles. The van der Waals surface area contributed by atoms with Crippen LogP contribution in [0.3, 0.4) is 0 Å². The molecule has 3 amide bonds. The zero-order chi connectivity index (χ0) is 19.6. The van der Waals surface area contributed by atoms with Crippen LogP contribution in [0.15, 0.2) is 53.1 Å². The van der Waals surface area contributed by atoms with Crippen molar-refractivity contribution in [2.75, 3.05) is 31.6 Å². The van der Waals surface area contributed by atoms with Crippen molar-refractivity contribution in [3.05, 3.63) is 54.5 Å². The molecule has 1 aromatic carbocycles. The van der Waals surface area contributed by atoms with E-state index in [2.05, 4.69) is 10.6 Å². The van der Waals surface area contributed by atoms with Crippen LogP contribution in [-0.4, -0.2) is 50.4 Å². The van der Waals surface area contributed by atoms with Crippen molar-refractivity contribution in [2.24, 2.45) is 0 Å². The summed E-state index contributed by atoms with van der Waals surface area (Å²) in [5.41, 5.74) is 0.666. The maximum Gasteiger partial charge on any atom is 0.325 e. The summed E-state index contributed by atoms with van der Waals surface area (Å²) in [6.45, 7) is -1.20. The number of esters is 1. The van der Waals surface area contributed by atoms with Crippen molar-refractivity contribution >= 4 is 29.4 Å². The number of hydrogen-bond acceptors (Lipinski definition) is 6. The average molecular weight is 373 g/mol. The molecule has 0 saturated carbocycles. The molecule has 2 rings (SSSR count). The first kappa shape index (κ1) is 19.7. The molecular weight excluding hydrogens is 354 g/mol. The van der Waals surface area contributed by atoms with Crippen LogP contribution in [0.2, 0.25) is 0 Å². The Balaban J connectivity index is 1.64. The maximum atomic E-state index is 12.0. The largest absolute Gasteiger partial charge is 0.459 e. The summed E-state index contributed by atoms with van der Waals surface area (Å²) in [6, 6.07) is 11.9. The van der Waals surface area contributed by atoms with Crippen molar-refractivity contribution in [3.8, 4) is 0 Å². The number of carbonyl (C=O) groups is 4. The second kappa shape index (κ2) is 9.76. The zero-order valence-electron chi connectivity index (χ0n) is 14.6. The molecule has 2 N–H and O–H groups in total. The molecule has 9 nitrogen and oxygen atoms in total. The Morgan fingerprint density at radius 3 is 2.41 bits per heavy atom. The van der Waals surface area contributed by atoms with Crippen LogP contribution in [0.4, 0.5) is 5.69 Å². The molecule has 0 fully saturated rings. The number of likely N-dealkylation sites (N-methyl/N-ethyl adjacent to an activating group) is 1. The van der Waals surface area contributed by atoms with Gasteiger partial charge in [-0.05, 0) is 24.3 Å². The van der Waals surface area contributed by atoms with Gasteiger partial charge in [-0.2, -0.15) is 0 Å². The summed E-state index contributed by atoms with van der Waals surface area (Å²) >= 11 is 0. The molecule has 2 aromatic rings. The number of anilines is 1. The molecule has 0 radical (unpaired) electrons. The SMILES string of the molecule is CN(C(=O)COC(=O)CNC(=O)CNC(=O)c1ccco1)c1ccccc1. The third kappa shape index (κ3) is 6.31. The summed E-state index contributed by atoms with van der Waals surface area (Å²) in [5.74, 6) is -2.24. The van der Waals surface area contributed by atoms with E-state index in [0.717, 1.165) is 0 Å². The lowest BCUT2D eigenvalue weighted by molar-refractivity contribution is -0.147. The molecule has 1 heterocycles. The standard InChI is InChI=1S/C18H19N3O6/c1-21(13-6-3-2-4-7-13)16(23)12-27-17(24)11-19-15(22)10-20-18(25)14-8-5-9-26-14/h2-9H,10-12H2,1H3,(H,19,22)(H,20,25). The van der Waals surface area contributed by atoms with Gasteiger partial charge in [-0.3, -0.25) is 19.2 Å². The van der Waals surface area contributed by atoms with Gasteiger partial charge in [0.2, 0.25) is 5.91 Å². The second-order valence-corrected chi connectivity index (χ2v) is 5.39. The summed E-state index contributed by atoms with van der Waals surface area (Å²) in [4.78, 5) is 48.2. The Morgan fingerprint density at radius 2 is 1.74 bits per heavy atom. The van der Waals surface area contributed by atoms with Crippen molar-refractivity contribution in [3.63, 3.8) is 0 Å². The van der Waals surface area contributed by atoms with Crippen LogP contribution in [0, 0.1) is 0 Å². The number of amides is 3. The lowest BCUT2D eigenvalue weighted by Crippen LogP contribution is -2.40. The number of nitrogens with zero attached hydrogens (tertiary/aromatic N) is 1. The van der Waals surface area contributed by atoms with Gasteiger partial charge >= 0.3 is 5.97 Å². The van der Waals surface area contributed by atoms with Crippen LogP contribution in [0.25, 0.3) is 0 Å². The van der Waals surface area contributed by atoms with Gasteiger partial charge in [0.25, 0.3) is 11.8 Å². The van der Waals surface area contributed by atoms with E-state index in [9.17, 15) is 19.2 Å². The molecule has 1 aromatic heterocycles. The number of benzene rings is 1. The molecule has 0 spiro atoms. The van der Waals surface area contributed by atoms with Gasteiger partial charge in [0, 0.05) is 12.7 Å².